The summed E-state index contributed by atoms with van der Waals surface area (Å²) in [4.78, 5) is 13.0. The Morgan fingerprint density at radius 2 is 1.60 bits per heavy atom. The molecule has 1 aliphatic heterocycles. The third kappa shape index (κ3) is 5.63. The van der Waals surface area contributed by atoms with Gasteiger partial charge in [-0.25, -0.2) is 13.8 Å². The Bertz CT molecular complexity index is 1350. The molecule has 0 spiro atoms. The summed E-state index contributed by atoms with van der Waals surface area (Å²) in [6, 6.07) is 18.9. The third-order valence-corrected chi connectivity index (χ3v) is 7.21. The zero-order chi connectivity index (χ0) is 25.0. The third-order valence-electron chi connectivity index (χ3n) is 5.42. The van der Waals surface area contributed by atoms with Gasteiger partial charge in [0.15, 0.2) is 11.5 Å². The van der Waals surface area contributed by atoms with E-state index in [4.69, 9.17) is 9.47 Å². The molecule has 1 aliphatic rings. The molecule has 1 N–H and O–H groups in total. The Hall–Kier alpha value is -3.85. The van der Waals surface area contributed by atoms with Crippen LogP contribution in [0.15, 0.2) is 76.7 Å². The van der Waals surface area contributed by atoms with Gasteiger partial charge in [0.05, 0.1) is 16.3 Å². The summed E-state index contributed by atoms with van der Waals surface area (Å²) in [5, 5.41) is 4.18. The van der Waals surface area contributed by atoms with Crippen molar-refractivity contribution in [1.82, 2.24) is 5.43 Å². The second kappa shape index (κ2) is 10.2. The van der Waals surface area contributed by atoms with Crippen LogP contribution >= 0.6 is 0 Å². The summed E-state index contributed by atoms with van der Waals surface area (Å²) in [5.74, 6) is 0.706. The fourth-order valence-corrected chi connectivity index (χ4v) is 5.20. The van der Waals surface area contributed by atoms with E-state index in [-0.39, 0.29) is 4.90 Å². The summed E-state index contributed by atoms with van der Waals surface area (Å²) < 4.78 is 39.2. The first kappa shape index (κ1) is 24.3. The van der Waals surface area contributed by atoms with Crippen LogP contribution in [-0.4, -0.2) is 39.8 Å². The Labute approximate surface area is 205 Å². The van der Waals surface area contributed by atoms with Crippen LogP contribution in [0.1, 0.15) is 23.6 Å². The first-order chi connectivity index (χ1) is 16.7. The zero-order valence-electron chi connectivity index (χ0n) is 19.8. The number of carbonyl (C=O) groups is 1. The van der Waals surface area contributed by atoms with Gasteiger partial charge in [-0.05, 0) is 74.4 Å². The van der Waals surface area contributed by atoms with Crippen LogP contribution in [0.4, 0.5) is 5.69 Å². The molecule has 3 aromatic carbocycles. The Kier molecular flexibility index (Phi) is 7.07. The number of hydrazone groups is 1. The molecule has 3 aromatic rings. The lowest BCUT2D eigenvalue weighted by molar-refractivity contribution is -0.119. The summed E-state index contributed by atoms with van der Waals surface area (Å²) >= 11 is 0. The highest BCUT2D eigenvalue weighted by Gasteiger charge is 2.27. The molecule has 8 nitrogen and oxygen atoms in total. The molecule has 0 saturated heterocycles. The van der Waals surface area contributed by atoms with E-state index >= 15 is 0 Å². The Morgan fingerprint density at radius 3 is 2.29 bits per heavy atom. The van der Waals surface area contributed by atoms with Crippen LogP contribution in [0, 0.1) is 13.8 Å². The lowest BCUT2D eigenvalue weighted by atomic mass is 10.1. The molecule has 9 heteroatoms. The van der Waals surface area contributed by atoms with Crippen molar-refractivity contribution >= 4 is 27.3 Å². The van der Waals surface area contributed by atoms with E-state index in [0.717, 1.165) is 21.0 Å². The van der Waals surface area contributed by atoms with Gasteiger partial charge in [-0.15, -0.1) is 0 Å². The number of nitrogens with zero attached hydrogens (tertiary/aromatic N) is 2. The van der Waals surface area contributed by atoms with Crippen molar-refractivity contribution in [1.29, 1.82) is 0 Å². The van der Waals surface area contributed by atoms with Gasteiger partial charge in [-0.2, -0.15) is 5.10 Å². The molecule has 4 rings (SSSR count). The predicted octanol–water partition coefficient (Wildman–Crippen LogP) is 3.81. The second-order valence-electron chi connectivity index (χ2n) is 8.26. The second-order valence-corrected chi connectivity index (χ2v) is 10.1. The van der Waals surface area contributed by atoms with Gasteiger partial charge < -0.3 is 9.47 Å². The van der Waals surface area contributed by atoms with E-state index in [0.29, 0.717) is 36.1 Å². The number of rotatable bonds is 7. The average Bonchev–Trinajstić information content (AvgIpc) is 2.85. The van der Waals surface area contributed by atoms with E-state index in [1.165, 1.54) is 12.1 Å². The van der Waals surface area contributed by atoms with Gasteiger partial charge in [0.1, 0.15) is 19.8 Å². The number of fused-ring (bicyclic) bond motifs is 1. The average molecular weight is 494 g/mol. The molecular weight excluding hydrogens is 466 g/mol. The largest absolute Gasteiger partial charge is 0.486 e. The van der Waals surface area contributed by atoms with Crippen LogP contribution in [0.25, 0.3) is 0 Å². The Morgan fingerprint density at radius 1 is 0.943 bits per heavy atom. The van der Waals surface area contributed by atoms with E-state index in [9.17, 15) is 13.2 Å². The summed E-state index contributed by atoms with van der Waals surface area (Å²) in [5.41, 5.74) is 5.96. The van der Waals surface area contributed by atoms with Crippen molar-refractivity contribution in [2.24, 2.45) is 5.10 Å². The van der Waals surface area contributed by atoms with Crippen molar-refractivity contribution in [3.63, 3.8) is 0 Å². The molecule has 0 aromatic heterocycles. The van der Waals surface area contributed by atoms with Crippen molar-refractivity contribution in [3.05, 3.63) is 83.4 Å². The van der Waals surface area contributed by atoms with Gasteiger partial charge in [0, 0.05) is 5.56 Å². The molecule has 1 heterocycles. The van der Waals surface area contributed by atoms with Crippen molar-refractivity contribution < 1.29 is 22.7 Å². The van der Waals surface area contributed by atoms with E-state index in [2.05, 4.69) is 10.5 Å². The van der Waals surface area contributed by atoms with Crippen molar-refractivity contribution in [2.75, 3.05) is 24.1 Å². The molecule has 0 fully saturated rings. The van der Waals surface area contributed by atoms with Gasteiger partial charge >= 0.3 is 0 Å². The summed E-state index contributed by atoms with van der Waals surface area (Å²) in [6.07, 6.45) is 0. The smallest absolute Gasteiger partial charge is 0.264 e. The minimum Gasteiger partial charge on any atom is -0.486 e. The van der Waals surface area contributed by atoms with Gasteiger partial charge in [-0.1, -0.05) is 24.3 Å². The highest BCUT2D eigenvalue weighted by molar-refractivity contribution is 7.92. The SMILES string of the molecule is C/C(=N/NC(=O)CN(c1cc(C)cc(C)c1)S(=O)(=O)c1ccccc1)c1ccc2c(c1)OCCO2. The zero-order valence-corrected chi connectivity index (χ0v) is 20.6. The number of hydrogen-bond acceptors (Lipinski definition) is 6. The van der Waals surface area contributed by atoms with E-state index in [1.54, 1.807) is 49.4 Å². The molecule has 0 radical (unpaired) electrons. The molecule has 0 atom stereocenters. The van der Waals surface area contributed by atoms with Crippen LogP contribution in [-0.2, 0) is 14.8 Å². The molecule has 0 saturated carbocycles. The van der Waals surface area contributed by atoms with Crippen LogP contribution < -0.4 is 19.2 Å². The number of nitrogens with one attached hydrogen (secondary N) is 1. The maximum absolute atomic E-state index is 13.5. The number of sulfonamides is 1. The van der Waals surface area contributed by atoms with Crippen LogP contribution in [0.2, 0.25) is 0 Å². The summed E-state index contributed by atoms with van der Waals surface area (Å²) in [6.45, 7) is 6.04. The van der Waals surface area contributed by atoms with Crippen molar-refractivity contribution in [3.8, 4) is 11.5 Å². The number of ether oxygens (including phenoxy) is 2. The van der Waals surface area contributed by atoms with E-state index in [1.807, 2.05) is 26.0 Å². The lowest BCUT2D eigenvalue weighted by Gasteiger charge is -2.24. The number of benzene rings is 3. The maximum atomic E-state index is 13.5. The number of hydrogen-bond donors (Lipinski definition) is 1. The number of carbonyl (C=O) groups excluding carboxylic acids is 1. The highest BCUT2D eigenvalue weighted by Crippen LogP contribution is 2.31. The van der Waals surface area contributed by atoms with Crippen LogP contribution in [0.5, 0.6) is 11.5 Å². The van der Waals surface area contributed by atoms with E-state index < -0.39 is 22.5 Å². The number of amides is 1. The fourth-order valence-electron chi connectivity index (χ4n) is 3.77. The molecule has 0 aliphatic carbocycles. The molecule has 0 unspecified atom stereocenters. The van der Waals surface area contributed by atoms with Gasteiger partial charge in [0.25, 0.3) is 15.9 Å². The standard InChI is InChI=1S/C26H27N3O5S/c1-18-13-19(2)15-22(14-18)29(35(31,32)23-7-5-4-6-8-23)17-26(30)28-27-20(3)21-9-10-24-25(16-21)34-12-11-33-24/h4-10,13-16H,11-12,17H2,1-3H3,(H,28,30)/b27-20-. The van der Waals surface area contributed by atoms with Gasteiger partial charge in [0.2, 0.25) is 0 Å². The molecule has 35 heavy (non-hydrogen) atoms. The predicted molar refractivity (Wildman–Crippen MR) is 135 cm³/mol. The molecule has 0 bridgehead atoms. The number of aryl methyl sites for hydroxylation is 2. The fraction of sp³-hybridized carbons (Fsp3) is 0.231. The van der Waals surface area contributed by atoms with Crippen molar-refractivity contribution in [2.45, 2.75) is 25.7 Å². The maximum Gasteiger partial charge on any atom is 0.264 e. The molecular formula is C26H27N3O5S. The Balaban J connectivity index is 1.58. The minimum atomic E-state index is -3.99. The molecule has 182 valence electrons. The van der Waals surface area contributed by atoms with Gasteiger partial charge in [-0.3, -0.25) is 9.10 Å². The lowest BCUT2D eigenvalue weighted by Crippen LogP contribution is -2.39. The highest BCUT2D eigenvalue weighted by atomic mass is 32.2. The molecule has 1 amide bonds. The minimum absolute atomic E-state index is 0.0999. The monoisotopic (exact) mass is 493 g/mol. The topological polar surface area (TPSA) is 97.3 Å². The van der Waals surface area contributed by atoms with Crippen LogP contribution in [0.3, 0.4) is 0 Å². The number of anilines is 1. The quantitative estimate of drug-likeness (QED) is 0.399. The first-order valence-corrected chi connectivity index (χ1v) is 12.6. The first-order valence-electron chi connectivity index (χ1n) is 11.1. The normalized spacial score (nSPS) is 13.3. The summed E-state index contributed by atoms with van der Waals surface area (Å²) in [7, 11) is -3.99.